The number of likely N-dealkylation sites (tertiary alicyclic amines) is 1. The van der Waals surface area contributed by atoms with Gasteiger partial charge in [-0.25, -0.2) is 9.97 Å². The zero-order valence-corrected chi connectivity index (χ0v) is 13.1. The van der Waals surface area contributed by atoms with E-state index >= 15 is 0 Å². The van der Waals surface area contributed by atoms with Crippen molar-refractivity contribution in [2.75, 3.05) is 26.3 Å². The zero-order chi connectivity index (χ0) is 16.0. The van der Waals surface area contributed by atoms with E-state index < -0.39 is 5.60 Å². The van der Waals surface area contributed by atoms with E-state index in [4.69, 9.17) is 4.74 Å². The zero-order valence-electron chi connectivity index (χ0n) is 13.1. The molecule has 2 aliphatic rings. The van der Waals surface area contributed by atoms with Gasteiger partial charge in [-0.1, -0.05) is 0 Å². The maximum Gasteiger partial charge on any atom is 0.256 e. The highest BCUT2D eigenvalue weighted by Crippen LogP contribution is 2.35. The molecule has 2 fully saturated rings. The van der Waals surface area contributed by atoms with Gasteiger partial charge in [0.25, 0.3) is 5.56 Å². The second kappa shape index (κ2) is 5.36. The van der Waals surface area contributed by atoms with Crippen molar-refractivity contribution in [3.63, 3.8) is 0 Å². The van der Waals surface area contributed by atoms with E-state index in [1.807, 2.05) is 0 Å². The van der Waals surface area contributed by atoms with Crippen LogP contribution in [0.3, 0.4) is 0 Å². The number of pyridine rings is 1. The number of piperidine rings is 1. The van der Waals surface area contributed by atoms with Crippen LogP contribution in [0.1, 0.15) is 24.2 Å². The van der Waals surface area contributed by atoms with Crippen LogP contribution < -0.4 is 5.56 Å². The number of fused-ring (bicyclic) bond motifs is 1. The molecular formula is C16H20N4O3. The van der Waals surface area contributed by atoms with E-state index in [2.05, 4.69) is 19.9 Å². The Hall–Kier alpha value is -1.83. The highest BCUT2D eigenvalue weighted by Gasteiger charge is 2.40. The summed E-state index contributed by atoms with van der Waals surface area (Å²) in [7, 11) is 0. The number of ether oxygens (including phenoxy) is 1. The first kappa shape index (κ1) is 14.7. The van der Waals surface area contributed by atoms with E-state index in [0.29, 0.717) is 35.8 Å². The average molecular weight is 316 g/mol. The molecular weight excluding hydrogens is 296 g/mol. The number of nitrogens with one attached hydrogen (secondary N) is 1. The van der Waals surface area contributed by atoms with Crippen molar-refractivity contribution in [1.82, 2.24) is 19.9 Å². The predicted molar refractivity (Wildman–Crippen MR) is 84.2 cm³/mol. The van der Waals surface area contributed by atoms with E-state index in [9.17, 15) is 9.90 Å². The van der Waals surface area contributed by atoms with Crippen LogP contribution in [0, 0.1) is 6.92 Å². The molecule has 0 unspecified atom stereocenters. The lowest BCUT2D eigenvalue weighted by atomic mass is 9.83. The van der Waals surface area contributed by atoms with Gasteiger partial charge >= 0.3 is 0 Å². The van der Waals surface area contributed by atoms with Gasteiger partial charge in [0.05, 0.1) is 35.9 Å². The number of hydrogen-bond donors (Lipinski definition) is 2. The molecule has 7 heteroatoms. The van der Waals surface area contributed by atoms with Crippen molar-refractivity contribution in [3.05, 3.63) is 34.1 Å². The fourth-order valence-electron chi connectivity index (χ4n) is 3.48. The van der Waals surface area contributed by atoms with Gasteiger partial charge in [-0.05, 0) is 19.8 Å². The molecule has 23 heavy (non-hydrogen) atoms. The van der Waals surface area contributed by atoms with Crippen molar-refractivity contribution in [2.24, 2.45) is 0 Å². The lowest BCUT2D eigenvalue weighted by Crippen LogP contribution is -2.54. The molecule has 0 aliphatic carbocycles. The number of aromatic amines is 1. The highest BCUT2D eigenvalue weighted by atomic mass is 16.5. The normalized spacial score (nSPS) is 22.2. The Morgan fingerprint density at radius 1 is 1.39 bits per heavy atom. The minimum absolute atomic E-state index is 0.265. The monoisotopic (exact) mass is 316 g/mol. The quantitative estimate of drug-likeness (QED) is 0.828. The Bertz CT molecular complexity index is 792. The topological polar surface area (TPSA) is 91.3 Å². The van der Waals surface area contributed by atoms with Crippen LogP contribution in [0.5, 0.6) is 0 Å². The summed E-state index contributed by atoms with van der Waals surface area (Å²) in [6.07, 6.45) is 4.33. The summed E-state index contributed by atoms with van der Waals surface area (Å²) in [4.78, 5) is 26.0. The summed E-state index contributed by atoms with van der Waals surface area (Å²) in [5.74, 6) is 0.594. The summed E-state index contributed by atoms with van der Waals surface area (Å²) >= 11 is 0. The van der Waals surface area contributed by atoms with E-state index in [-0.39, 0.29) is 5.56 Å². The molecule has 2 N–H and O–H groups in total. The van der Waals surface area contributed by atoms with Crippen molar-refractivity contribution in [3.8, 4) is 0 Å². The van der Waals surface area contributed by atoms with Crippen molar-refractivity contribution in [2.45, 2.75) is 31.4 Å². The minimum atomic E-state index is -1.14. The summed E-state index contributed by atoms with van der Waals surface area (Å²) in [6, 6.07) is 0.454. The number of aromatic nitrogens is 3. The number of H-pyrrole nitrogens is 1. The molecule has 2 aromatic heterocycles. The Kier molecular flexibility index (Phi) is 3.44. The molecule has 0 radical (unpaired) electrons. The van der Waals surface area contributed by atoms with Gasteiger partial charge in [0.2, 0.25) is 0 Å². The van der Waals surface area contributed by atoms with Gasteiger partial charge in [0.15, 0.2) is 0 Å². The Morgan fingerprint density at radius 3 is 2.78 bits per heavy atom. The smallest absolute Gasteiger partial charge is 0.256 e. The van der Waals surface area contributed by atoms with Crippen LogP contribution in [-0.4, -0.2) is 57.3 Å². The maximum atomic E-state index is 12.4. The molecule has 0 amide bonds. The number of nitrogens with zero attached hydrogens (tertiary/aromatic N) is 3. The molecule has 0 aromatic carbocycles. The van der Waals surface area contributed by atoms with Gasteiger partial charge in [0, 0.05) is 30.9 Å². The fraction of sp³-hybridized carbons (Fsp3) is 0.562. The van der Waals surface area contributed by atoms with Gasteiger partial charge in [-0.2, -0.15) is 0 Å². The molecule has 2 aromatic rings. The van der Waals surface area contributed by atoms with Gasteiger partial charge in [-0.3, -0.25) is 9.69 Å². The highest BCUT2D eigenvalue weighted by molar-refractivity contribution is 5.80. The maximum absolute atomic E-state index is 12.4. The van der Waals surface area contributed by atoms with Crippen LogP contribution in [0.2, 0.25) is 0 Å². The first-order valence-electron chi connectivity index (χ1n) is 7.96. The molecule has 4 heterocycles. The van der Waals surface area contributed by atoms with E-state index in [1.165, 1.54) is 0 Å². The summed E-state index contributed by atoms with van der Waals surface area (Å²) in [6.45, 7) is 4.82. The molecule has 0 saturated carbocycles. The first-order valence-corrected chi connectivity index (χ1v) is 7.96. The summed E-state index contributed by atoms with van der Waals surface area (Å²) in [5.41, 5.74) is -0.470. The minimum Gasteiger partial charge on any atom is -0.385 e. The summed E-state index contributed by atoms with van der Waals surface area (Å²) < 4.78 is 5.24. The molecule has 0 atom stereocenters. The van der Waals surface area contributed by atoms with Crippen LogP contribution >= 0.6 is 0 Å². The second-order valence-corrected chi connectivity index (χ2v) is 6.47. The SMILES string of the molecule is Cc1ncc2c[nH]c(=O)c(C3(O)CCN(C4COC4)CC3)c2n1. The van der Waals surface area contributed by atoms with Crippen molar-refractivity contribution >= 4 is 10.9 Å². The van der Waals surface area contributed by atoms with E-state index in [1.54, 1.807) is 19.3 Å². The molecule has 122 valence electrons. The van der Waals surface area contributed by atoms with E-state index in [0.717, 1.165) is 31.7 Å². The molecule has 4 rings (SSSR count). The van der Waals surface area contributed by atoms with Gasteiger partial charge in [0.1, 0.15) is 5.82 Å². The number of rotatable bonds is 2. The Morgan fingerprint density at radius 2 is 2.13 bits per heavy atom. The number of hydrogen-bond acceptors (Lipinski definition) is 6. The lowest BCUT2D eigenvalue weighted by Gasteiger charge is -2.44. The van der Waals surface area contributed by atoms with Gasteiger partial charge in [-0.15, -0.1) is 0 Å². The number of aryl methyl sites for hydroxylation is 1. The molecule has 7 nitrogen and oxygen atoms in total. The largest absolute Gasteiger partial charge is 0.385 e. The van der Waals surface area contributed by atoms with Gasteiger partial charge < -0.3 is 14.8 Å². The summed E-state index contributed by atoms with van der Waals surface area (Å²) in [5, 5.41) is 11.9. The first-order chi connectivity index (χ1) is 11.1. The van der Waals surface area contributed by atoms with Crippen LogP contribution in [0.25, 0.3) is 10.9 Å². The van der Waals surface area contributed by atoms with Crippen LogP contribution in [0.4, 0.5) is 0 Å². The third-order valence-electron chi connectivity index (χ3n) is 4.99. The molecule has 0 spiro atoms. The Balaban J connectivity index is 1.72. The molecule has 0 bridgehead atoms. The van der Waals surface area contributed by atoms with Crippen molar-refractivity contribution in [1.29, 1.82) is 0 Å². The lowest BCUT2D eigenvalue weighted by molar-refractivity contribution is -0.101. The standard InChI is InChI=1S/C16H20N4O3/c1-10-17-6-11-7-18-15(21)13(14(11)19-10)16(22)2-4-20(5-3-16)12-8-23-9-12/h6-7,12,22H,2-5,8-9H2,1H3,(H,18,21). The Labute approximate surface area is 133 Å². The average Bonchev–Trinajstić information content (AvgIpc) is 2.47. The van der Waals surface area contributed by atoms with Crippen LogP contribution in [-0.2, 0) is 10.3 Å². The predicted octanol–water partition coefficient (Wildman–Crippen LogP) is 0.309. The number of aliphatic hydroxyl groups is 1. The molecule has 2 aliphatic heterocycles. The second-order valence-electron chi connectivity index (χ2n) is 6.47. The third-order valence-corrected chi connectivity index (χ3v) is 4.99. The fourth-order valence-corrected chi connectivity index (χ4v) is 3.48. The van der Waals surface area contributed by atoms with Crippen LogP contribution in [0.15, 0.2) is 17.2 Å². The van der Waals surface area contributed by atoms with Crippen molar-refractivity contribution < 1.29 is 9.84 Å². The molecule has 2 saturated heterocycles. The third kappa shape index (κ3) is 2.45.